The molecule has 2 rings (SSSR count). The molecule has 9 nitrogen and oxygen atoms in total. The topological polar surface area (TPSA) is 131 Å². The minimum atomic E-state index is -0.811. The fourth-order valence-corrected chi connectivity index (χ4v) is 2.16. The first-order chi connectivity index (χ1) is 11.0. The third-order valence-corrected chi connectivity index (χ3v) is 3.27. The first-order valence-corrected chi connectivity index (χ1v) is 6.93. The summed E-state index contributed by atoms with van der Waals surface area (Å²) in [6.45, 7) is 2.67. The summed E-state index contributed by atoms with van der Waals surface area (Å²) in [7, 11) is 0. The van der Waals surface area contributed by atoms with Crippen LogP contribution in [0.2, 0.25) is 0 Å². The van der Waals surface area contributed by atoms with Crippen molar-refractivity contribution in [2.24, 2.45) is 0 Å². The molecule has 0 aliphatic carbocycles. The normalized spacial score (nSPS) is 14.5. The lowest BCUT2D eigenvalue weighted by Gasteiger charge is -2.34. The molecule has 23 heavy (non-hydrogen) atoms. The summed E-state index contributed by atoms with van der Waals surface area (Å²) in [6, 6.07) is 1.39. The fourth-order valence-electron chi connectivity index (χ4n) is 2.16. The van der Waals surface area contributed by atoms with Crippen molar-refractivity contribution in [3.05, 3.63) is 24.0 Å². The SMILES string of the molecule is O=C(O)CCN1CCN(C(=O)c2cncc(O)c2)CC1.O=CO. The minimum absolute atomic E-state index is 0.0315. The summed E-state index contributed by atoms with van der Waals surface area (Å²) in [5.41, 5.74) is 0.365. The largest absolute Gasteiger partial charge is 0.506 e. The smallest absolute Gasteiger partial charge is 0.304 e. The number of nitrogens with zero attached hydrogens (tertiary/aromatic N) is 3. The van der Waals surface area contributed by atoms with E-state index in [1.165, 1.54) is 18.5 Å². The molecule has 0 spiro atoms. The van der Waals surface area contributed by atoms with Gasteiger partial charge < -0.3 is 20.2 Å². The van der Waals surface area contributed by atoms with Gasteiger partial charge in [-0.15, -0.1) is 0 Å². The Balaban J connectivity index is 0.000000816. The van der Waals surface area contributed by atoms with Gasteiger partial charge in [0.05, 0.1) is 18.2 Å². The first-order valence-electron chi connectivity index (χ1n) is 6.93. The van der Waals surface area contributed by atoms with Crippen molar-refractivity contribution in [3.63, 3.8) is 0 Å². The van der Waals surface area contributed by atoms with Gasteiger partial charge in [0, 0.05) is 38.9 Å². The maximum atomic E-state index is 12.2. The van der Waals surface area contributed by atoms with Gasteiger partial charge in [-0.05, 0) is 6.07 Å². The highest BCUT2D eigenvalue weighted by atomic mass is 16.4. The third kappa shape index (κ3) is 6.30. The van der Waals surface area contributed by atoms with Crippen LogP contribution in [0.25, 0.3) is 0 Å². The van der Waals surface area contributed by atoms with Gasteiger partial charge in [0.25, 0.3) is 12.4 Å². The summed E-state index contributed by atoms with van der Waals surface area (Å²) in [5.74, 6) is -1.00. The predicted octanol–water partition coefficient (Wildman–Crippen LogP) is -0.279. The van der Waals surface area contributed by atoms with Crippen molar-refractivity contribution in [2.75, 3.05) is 32.7 Å². The van der Waals surface area contributed by atoms with E-state index in [2.05, 4.69) is 4.98 Å². The second kappa shape index (κ2) is 9.36. The Morgan fingerprint density at radius 3 is 2.35 bits per heavy atom. The van der Waals surface area contributed by atoms with E-state index < -0.39 is 5.97 Å². The van der Waals surface area contributed by atoms with E-state index in [0.717, 1.165) is 0 Å². The van der Waals surface area contributed by atoms with Gasteiger partial charge in [0.15, 0.2) is 0 Å². The summed E-state index contributed by atoms with van der Waals surface area (Å²) < 4.78 is 0. The number of aromatic nitrogens is 1. The number of aliphatic carboxylic acids is 1. The molecule has 3 N–H and O–H groups in total. The van der Waals surface area contributed by atoms with E-state index in [-0.39, 0.29) is 24.5 Å². The lowest BCUT2D eigenvalue weighted by molar-refractivity contribution is -0.137. The molecule has 0 radical (unpaired) electrons. The van der Waals surface area contributed by atoms with Crippen LogP contribution in [0, 0.1) is 0 Å². The molecular formula is C14H19N3O6. The number of carboxylic acid groups (broad SMARTS) is 2. The third-order valence-electron chi connectivity index (χ3n) is 3.27. The highest BCUT2D eigenvalue weighted by Gasteiger charge is 2.22. The first kappa shape index (κ1) is 18.4. The molecule has 1 aliphatic heterocycles. The van der Waals surface area contributed by atoms with Gasteiger partial charge in [0.2, 0.25) is 0 Å². The average molecular weight is 325 g/mol. The standard InChI is InChI=1S/C13H17N3O4.CH2O2/c17-11-7-10(8-14-9-11)13(20)16-5-3-15(4-6-16)2-1-12(18)19;2-1-3/h7-9,17H,1-6H2,(H,18,19);1H,(H,2,3). The average Bonchev–Trinajstić information content (AvgIpc) is 2.53. The zero-order valence-electron chi connectivity index (χ0n) is 12.5. The molecule has 2 heterocycles. The summed E-state index contributed by atoms with van der Waals surface area (Å²) in [5, 5.41) is 24.9. The Kier molecular flexibility index (Phi) is 7.48. The number of carbonyl (C=O) groups is 3. The molecule has 0 aromatic carbocycles. The number of hydrogen-bond donors (Lipinski definition) is 3. The van der Waals surface area contributed by atoms with E-state index in [0.29, 0.717) is 38.3 Å². The van der Waals surface area contributed by atoms with Crippen molar-refractivity contribution < 1.29 is 29.7 Å². The summed E-state index contributed by atoms with van der Waals surface area (Å²) in [4.78, 5) is 38.6. The summed E-state index contributed by atoms with van der Waals surface area (Å²) >= 11 is 0. The van der Waals surface area contributed by atoms with Crippen LogP contribution in [0.3, 0.4) is 0 Å². The quantitative estimate of drug-likeness (QED) is 0.644. The maximum Gasteiger partial charge on any atom is 0.304 e. The van der Waals surface area contributed by atoms with Crippen LogP contribution in [0.4, 0.5) is 0 Å². The number of rotatable bonds is 4. The van der Waals surface area contributed by atoms with Crippen LogP contribution in [0.5, 0.6) is 5.75 Å². The molecule has 1 amide bonds. The van der Waals surface area contributed by atoms with Crippen molar-refractivity contribution >= 4 is 18.3 Å². The number of carboxylic acids is 1. The second-order valence-corrected chi connectivity index (χ2v) is 4.81. The minimum Gasteiger partial charge on any atom is -0.506 e. The Labute approximate surface area is 132 Å². The van der Waals surface area contributed by atoms with Crippen LogP contribution < -0.4 is 0 Å². The highest BCUT2D eigenvalue weighted by molar-refractivity contribution is 5.94. The molecule has 1 aromatic heterocycles. The van der Waals surface area contributed by atoms with E-state index in [1.807, 2.05) is 4.90 Å². The van der Waals surface area contributed by atoms with Crippen LogP contribution in [-0.4, -0.2) is 81.2 Å². The molecule has 0 atom stereocenters. The lowest BCUT2D eigenvalue weighted by atomic mass is 10.2. The molecular weight excluding hydrogens is 306 g/mol. The molecule has 1 aliphatic rings. The van der Waals surface area contributed by atoms with Gasteiger partial charge in [-0.25, -0.2) is 0 Å². The number of aromatic hydroxyl groups is 1. The Morgan fingerprint density at radius 2 is 1.83 bits per heavy atom. The molecule has 1 saturated heterocycles. The molecule has 1 fully saturated rings. The Bertz CT molecular complexity index is 543. The zero-order valence-corrected chi connectivity index (χ0v) is 12.5. The van der Waals surface area contributed by atoms with Crippen molar-refractivity contribution in [1.29, 1.82) is 0 Å². The van der Waals surface area contributed by atoms with Crippen molar-refractivity contribution in [1.82, 2.24) is 14.8 Å². The molecule has 0 unspecified atom stereocenters. The number of hydrogen-bond acceptors (Lipinski definition) is 6. The van der Waals surface area contributed by atoms with Crippen LogP contribution in [-0.2, 0) is 9.59 Å². The number of pyridine rings is 1. The van der Waals surface area contributed by atoms with Crippen molar-refractivity contribution in [3.8, 4) is 5.75 Å². The van der Waals surface area contributed by atoms with E-state index in [1.54, 1.807) is 4.90 Å². The van der Waals surface area contributed by atoms with E-state index >= 15 is 0 Å². The van der Waals surface area contributed by atoms with Crippen LogP contribution in [0.15, 0.2) is 18.5 Å². The molecule has 9 heteroatoms. The summed E-state index contributed by atoms with van der Waals surface area (Å²) in [6.07, 6.45) is 2.82. The monoisotopic (exact) mass is 325 g/mol. The van der Waals surface area contributed by atoms with Gasteiger partial charge in [-0.2, -0.15) is 0 Å². The Hall–Kier alpha value is -2.68. The van der Waals surface area contributed by atoms with E-state index in [9.17, 15) is 14.7 Å². The van der Waals surface area contributed by atoms with Gasteiger partial charge in [-0.1, -0.05) is 0 Å². The molecule has 126 valence electrons. The van der Waals surface area contributed by atoms with Gasteiger partial charge >= 0.3 is 5.97 Å². The maximum absolute atomic E-state index is 12.2. The predicted molar refractivity (Wildman–Crippen MR) is 79.2 cm³/mol. The second-order valence-electron chi connectivity index (χ2n) is 4.81. The number of carbonyl (C=O) groups excluding carboxylic acids is 1. The zero-order chi connectivity index (χ0) is 17.2. The van der Waals surface area contributed by atoms with Crippen LogP contribution in [0.1, 0.15) is 16.8 Å². The fraction of sp³-hybridized carbons (Fsp3) is 0.429. The van der Waals surface area contributed by atoms with Crippen molar-refractivity contribution in [2.45, 2.75) is 6.42 Å². The van der Waals surface area contributed by atoms with Crippen LogP contribution >= 0.6 is 0 Å². The van der Waals surface area contributed by atoms with Gasteiger partial charge in [-0.3, -0.25) is 24.3 Å². The molecule has 1 aromatic rings. The van der Waals surface area contributed by atoms with E-state index in [4.69, 9.17) is 15.0 Å². The van der Waals surface area contributed by atoms with Gasteiger partial charge in [0.1, 0.15) is 5.75 Å². The number of piperazine rings is 1. The molecule has 0 bridgehead atoms. The number of amides is 1. The molecule has 0 saturated carbocycles. The Morgan fingerprint density at radius 1 is 1.22 bits per heavy atom. The highest BCUT2D eigenvalue weighted by Crippen LogP contribution is 2.12. The lowest BCUT2D eigenvalue weighted by Crippen LogP contribution is -2.49.